The molecule has 0 bridgehead atoms. The molecule has 0 spiro atoms. The number of ether oxygens (including phenoxy) is 3. The monoisotopic (exact) mass is 684 g/mol. The lowest BCUT2D eigenvalue weighted by molar-refractivity contribution is -0.672. The Morgan fingerprint density at radius 1 is 0.898 bits per heavy atom. The standard InChI is InChI=1S/C35H23F3N4O6S/c1-45-21-14-15-24(27(16-21)46-2)25-17-26(23-9-5-7-18-6-3-4-8-22(18)23)40-33-28(25)29(39)32(49-33)31(43)30-34(44)48-41-42(30)19-10-12-20(13-11-19)47-35(36,37)38/h3-17H,1-2H3,(H2-,39,41,43,44). The van der Waals surface area contributed by atoms with Gasteiger partial charge in [0.25, 0.3) is 5.78 Å². The van der Waals surface area contributed by atoms with E-state index in [2.05, 4.69) is 10.0 Å². The van der Waals surface area contributed by atoms with E-state index < -0.39 is 29.5 Å². The number of nitrogen functional groups attached to an aromatic ring is 1. The number of hydrogen-bond donors (Lipinski definition) is 1. The Morgan fingerprint density at radius 3 is 2.37 bits per heavy atom. The molecule has 10 nitrogen and oxygen atoms in total. The topological polar surface area (TPSA) is 137 Å². The molecule has 246 valence electrons. The van der Waals surface area contributed by atoms with Gasteiger partial charge in [-0.2, -0.15) is 0 Å². The number of alkyl halides is 3. The van der Waals surface area contributed by atoms with Gasteiger partial charge in [-0.05, 0) is 51.3 Å². The molecule has 0 saturated heterocycles. The summed E-state index contributed by atoms with van der Waals surface area (Å²) in [5, 5.41) is 19.0. The second-order valence-electron chi connectivity index (χ2n) is 10.7. The van der Waals surface area contributed by atoms with E-state index in [4.69, 9.17) is 24.7 Å². The number of thiophene rings is 1. The molecule has 14 heteroatoms. The van der Waals surface area contributed by atoms with Crippen LogP contribution < -0.4 is 29.7 Å². The molecule has 3 heterocycles. The summed E-state index contributed by atoms with van der Waals surface area (Å²) in [4.78, 5) is 19.5. The van der Waals surface area contributed by atoms with Gasteiger partial charge in [-0.3, -0.25) is 4.79 Å². The van der Waals surface area contributed by atoms with Crippen LogP contribution >= 0.6 is 11.3 Å². The van der Waals surface area contributed by atoms with E-state index in [1.165, 1.54) is 19.2 Å². The zero-order valence-electron chi connectivity index (χ0n) is 25.6. The number of ketones is 1. The molecular formula is C35H23F3N4O6S. The summed E-state index contributed by atoms with van der Waals surface area (Å²) < 4.78 is 58.8. The van der Waals surface area contributed by atoms with E-state index >= 15 is 0 Å². The minimum absolute atomic E-state index is 0.0163. The summed E-state index contributed by atoms with van der Waals surface area (Å²) in [7, 11) is 3.06. The van der Waals surface area contributed by atoms with E-state index in [0.29, 0.717) is 38.5 Å². The average molecular weight is 685 g/mol. The predicted molar refractivity (Wildman–Crippen MR) is 173 cm³/mol. The fourth-order valence-electron chi connectivity index (χ4n) is 5.62. The Balaban J connectivity index is 1.41. The molecule has 4 aromatic carbocycles. The van der Waals surface area contributed by atoms with Crippen molar-refractivity contribution in [3.8, 4) is 51.3 Å². The Morgan fingerprint density at radius 2 is 1.63 bits per heavy atom. The van der Waals surface area contributed by atoms with Gasteiger partial charge >= 0.3 is 12.1 Å². The summed E-state index contributed by atoms with van der Waals surface area (Å²) in [6.45, 7) is 0. The number of methoxy groups -OCH3 is 2. The number of nitrogens with two attached hydrogens (primary N) is 1. The molecule has 3 aromatic heterocycles. The number of benzene rings is 4. The molecule has 0 atom stereocenters. The van der Waals surface area contributed by atoms with Crippen LogP contribution in [0.1, 0.15) is 15.4 Å². The summed E-state index contributed by atoms with van der Waals surface area (Å²) in [5.41, 5.74) is 9.03. The Labute approximate surface area is 279 Å². The Kier molecular flexibility index (Phi) is 7.79. The van der Waals surface area contributed by atoms with E-state index in [0.717, 1.165) is 44.5 Å². The number of aromatic nitrogens is 3. The van der Waals surface area contributed by atoms with Crippen LogP contribution in [-0.2, 0) is 0 Å². The van der Waals surface area contributed by atoms with Crippen molar-refractivity contribution in [2.75, 3.05) is 20.0 Å². The van der Waals surface area contributed by atoms with Crippen molar-refractivity contribution in [1.82, 2.24) is 10.3 Å². The largest absolute Gasteiger partial charge is 0.573 e. The number of halogens is 3. The zero-order valence-corrected chi connectivity index (χ0v) is 26.4. The highest BCUT2D eigenvalue weighted by Crippen LogP contribution is 2.46. The van der Waals surface area contributed by atoms with E-state index in [9.17, 15) is 23.1 Å². The van der Waals surface area contributed by atoms with Crippen molar-refractivity contribution in [3.05, 3.63) is 102 Å². The van der Waals surface area contributed by atoms with Crippen LogP contribution in [0.4, 0.5) is 18.9 Å². The molecule has 0 fully saturated rings. The Bertz CT molecular complexity index is 2380. The molecule has 2 N–H and O–H groups in total. The van der Waals surface area contributed by atoms with Crippen molar-refractivity contribution in [2.24, 2.45) is 0 Å². The quantitative estimate of drug-likeness (QED) is 0.135. The van der Waals surface area contributed by atoms with Crippen molar-refractivity contribution in [2.45, 2.75) is 6.36 Å². The van der Waals surface area contributed by atoms with Crippen LogP contribution in [0.25, 0.3) is 49.1 Å². The van der Waals surface area contributed by atoms with Gasteiger partial charge in [0.1, 0.15) is 27.0 Å². The van der Waals surface area contributed by atoms with Crippen LogP contribution in [0, 0.1) is 0 Å². The summed E-state index contributed by atoms with van der Waals surface area (Å²) in [5.74, 6) is -1.35. The van der Waals surface area contributed by atoms with Gasteiger partial charge in [-0.1, -0.05) is 42.5 Å². The van der Waals surface area contributed by atoms with Gasteiger partial charge in [0, 0.05) is 34.7 Å². The molecule has 0 radical (unpaired) electrons. The molecule has 0 aliphatic carbocycles. The third kappa shape index (κ3) is 5.71. The van der Waals surface area contributed by atoms with Gasteiger partial charge < -0.3 is 29.6 Å². The third-order valence-corrected chi connectivity index (χ3v) is 8.91. The second-order valence-corrected chi connectivity index (χ2v) is 11.7. The van der Waals surface area contributed by atoms with Crippen LogP contribution in [-0.4, -0.2) is 36.6 Å². The number of fused-ring (bicyclic) bond motifs is 2. The normalized spacial score (nSPS) is 11.6. The number of carbonyl (C=O) groups excluding carboxylic acids is 1. The van der Waals surface area contributed by atoms with Crippen molar-refractivity contribution >= 4 is 43.8 Å². The highest BCUT2D eigenvalue weighted by molar-refractivity contribution is 7.21. The van der Waals surface area contributed by atoms with Gasteiger partial charge in [-0.25, -0.2) is 4.98 Å². The number of rotatable bonds is 8. The lowest BCUT2D eigenvalue weighted by Gasteiger charge is -2.14. The molecule has 0 aliphatic rings. The third-order valence-electron chi connectivity index (χ3n) is 7.81. The lowest BCUT2D eigenvalue weighted by Crippen LogP contribution is -2.39. The highest BCUT2D eigenvalue weighted by Gasteiger charge is 2.34. The number of hydrogen-bond acceptors (Lipinski definition) is 10. The second kappa shape index (κ2) is 12.1. The van der Waals surface area contributed by atoms with E-state index in [-0.39, 0.29) is 16.3 Å². The lowest BCUT2D eigenvalue weighted by atomic mass is 9.96. The van der Waals surface area contributed by atoms with Crippen molar-refractivity contribution in [3.63, 3.8) is 0 Å². The number of carbonyl (C=O) groups is 1. The molecule has 0 saturated carbocycles. The average Bonchev–Trinajstić information content (AvgIpc) is 3.65. The van der Waals surface area contributed by atoms with Gasteiger partial charge in [0.2, 0.25) is 5.69 Å². The van der Waals surface area contributed by atoms with E-state index in [1.807, 2.05) is 54.6 Å². The Hall–Kier alpha value is -6.15. The maximum atomic E-state index is 14.1. The number of nitrogens with zero attached hydrogens (tertiary/aromatic N) is 3. The molecule has 7 rings (SSSR count). The maximum absolute atomic E-state index is 14.1. The maximum Gasteiger partial charge on any atom is 0.573 e. The first-order valence-corrected chi connectivity index (χ1v) is 15.3. The minimum Gasteiger partial charge on any atom is -0.539 e. The smallest absolute Gasteiger partial charge is 0.539 e. The molecule has 7 aromatic rings. The van der Waals surface area contributed by atoms with Crippen LogP contribution in [0.3, 0.4) is 0 Å². The van der Waals surface area contributed by atoms with Crippen molar-refractivity contribution < 1.29 is 46.5 Å². The van der Waals surface area contributed by atoms with E-state index in [1.54, 1.807) is 19.2 Å². The molecular weight excluding hydrogens is 661 g/mol. The van der Waals surface area contributed by atoms with Gasteiger partial charge in [-0.15, -0.1) is 24.5 Å². The molecule has 0 amide bonds. The molecule has 0 unspecified atom stereocenters. The van der Waals surface area contributed by atoms with Crippen LogP contribution in [0.5, 0.6) is 23.2 Å². The molecule has 0 aliphatic heterocycles. The first kappa shape index (κ1) is 31.4. The number of anilines is 1. The minimum atomic E-state index is -4.90. The van der Waals surface area contributed by atoms with Gasteiger partial charge in [0.05, 0.1) is 30.9 Å². The fourth-order valence-corrected chi connectivity index (χ4v) is 6.68. The van der Waals surface area contributed by atoms with Crippen LogP contribution in [0.2, 0.25) is 0 Å². The van der Waals surface area contributed by atoms with Crippen molar-refractivity contribution in [1.29, 1.82) is 0 Å². The highest BCUT2D eigenvalue weighted by atomic mass is 32.1. The summed E-state index contributed by atoms with van der Waals surface area (Å²) in [6.07, 6.45) is -4.90. The van der Waals surface area contributed by atoms with Crippen LogP contribution in [0.15, 0.2) is 95.5 Å². The molecule has 49 heavy (non-hydrogen) atoms. The zero-order chi connectivity index (χ0) is 34.4. The van der Waals surface area contributed by atoms with Gasteiger partial charge in [0.15, 0.2) is 5.95 Å². The first-order chi connectivity index (χ1) is 23.6. The number of pyridine rings is 1. The summed E-state index contributed by atoms with van der Waals surface area (Å²) >= 11 is 0.978. The SMILES string of the molecule is COc1ccc(-c2cc(-c3cccc4ccccc34)nc3sc(C(=O)c4c([O-])on[n+]4-c4ccc(OC(F)(F)F)cc4)c(N)c23)c(OC)c1. The fraction of sp³-hybridized carbons (Fsp3) is 0.0857. The first-order valence-electron chi connectivity index (χ1n) is 14.5. The summed E-state index contributed by atoms with van der Waals surface area (Å²) in [6, 6.07) is 25.3. The predicted octanol–water partition coefficient (Wildman–Crippen LogP) is 6.85.